The van der Waals surface area contributed by atoms with Crippen molar-refractivity contribution in [3.63, 3.8) is 0 Å². The third-order valence-corrected chi connectivity index (χ3v) is 4.47. The van der Waals surface area contributed by atoms with Gasteiger partial charge in [0.05, 0.1) is 0 Å². The molecule has 0 fully saturated rings. The Kier molecular flexibility index (Phi) is 2.55. The number of rotatable bonds is 1. The molecule has 0 saturated heterocycles. The van der Waals surface area contributed by atoms with Crippen molar-refractivity contribution in [3.05, 3.63) is 22.1 Å². The highest BCUT2D eigenvalue weighted by Crippen LogP contribution is 2.31. The van der Waals surface area contributed by atoms with E-state index in [1.807, 2.05) is 0 Å². The van der Waals surface area contributed by atoms with Gasteiger partial charge in [-0.2, -0.15) is 0 Å². The quantitative estimate of drug-likeness (QED) is 0.601. The third-order valence-electron chi connectivity index (χ3n) is 1.63. The van der Waals surface area contributed by atoms with Crippen LogP contribution in [0.4, 0.5) is 0 Å². The second-order valence-electron chi connectivity index (χ2n) is 2.52. The molecule has 0 amide bonds. The van der Waals surface area contributed by atoms with Gasteiger partial charge in [0.1, 0.15) is 14.3 Å². The molecule has 0 saturated carbocycles. The molecule has 2 rings (SSSR count). The lowest BCUT2D eigenvalue weighted by Gasteiger charge is -1.93. The second kappa shape index (κ2) is 3.44. The van der Waals surface area contributed by atoms with E-state index in [0.717, 1.165) is 0 Å². The zero-order chi connectivity index (χ0) is 10.3. The first-order valence-corrected chi connectivity index (χ1v) is 7.45. The minimum atomic E-state index is -3.67. The maximum atomic E-state index is 11.1. The van der Waals surface area contributed by atoms with Gasteiger partial charge in [0, 0.05) is 21.4 Å². The van der Waals surface area contributed by atoms with Gasteiger partial charge >= 0.3 is 0 Å². The van der Waals surface area contributed by atoms with Crippen molar-refractivity contribution in [3.8, 4) is 0 Å². The molecule has 7 heteroatoms. The highest BCUT2D eigenvalue weighted by atomic mass is 79.9. The molecule has 0 spiro atoms. The fourth-order valence-corrected chi connectivity index (χ4v) is 3.96. The Morgan fingerprint density at radius 3 is 2.79 bits per heavy atom. The van der Waals surface area contributed by atoms with Gasteiger partial charge in [-0.1, -0.05) is 0 Å². The van der Waals surface area contributed by atoms with Gasteiger partial charge in [-0.05, 0) is 28.1 Å². The van der Waals surface area contributed by atoms with E-state index in [9.17, 15) is 8.42 Å². The molecular weight excluding hydrogens is 310 g/mol. The lowest BCUT2D eigenvalue weighted by molar-refractivity contribution is 0.610. The summed E-state index contributed by atoms with van der Waals surface area (Å²) in [5.41, 5.74) is 0. The largest absolute Gasteiger partial charge is 0.262 e. The number of halogens is 2. The molecule has 0 bridgehead atoms. The monoisotopic (exact) mass is 311 g/mol. The third kappa shape index (κ3) is 1.79. The van der Waals surface area contributed by atoms with E-state index in [-0.39, 0.29) is 4.90 Å². The number of fused-ring (bicyclic) bond motifs is 1. The number of thiophene rings is 1. The SMILES string of the molecule is O=S(=O)(Cl)c1csc2nc(Br)ccc12. The highest BCUT2D eigenvalue weighted by Gasteiger charge is 2.16. The molecule has 0 unspecified atom stereocenters. The topological polar surface area (TPSA) is 47.0 Å². The number of pyridine rings is 1. The summed E-state index contributed by atoms with van der Waals surface area (Å²) in [6, 6.07) is 3.36. The van der Waals surface area contributed by atoms with Crippen LogP contribution in [-0.2, 0) is 9.05 Å². The molecule has 3 nitrogen and oxygen atoms in total. The Balaban J connectivity index is 2.83. The van der Waals surface area contributed by atoms with Gasteiger partial charge in [-0.15, -0.1) is 11.3 Å². The van der Waals surface area contributed by atoms with Crippen molar-refractivity contribution in [2.75, 3.05) is 0 Å². The zero-order valence-corrected chi connectivity index (χ0v) is 10.5. The van der Waals surface area contributed by atoms with E-state index in [1.54, 1.807) is 12.1 Å². The normalized spacial score (nSPS) is 12.1. The maximum Gasteiger partial charge on any atom is 0.262 e. The van der Waals surface area contributed by atoms with E-state index in [2.05, 4.69) is 20.9 Å². The van der Waals surface area contributed by atoms with Crippen LogP contribution < -0.4 is 0 Å². The molecule has 74 valence electrons. The first kappa shape index (κ1) is 10.4. The van der Waals surface area contributed by atoms with Gasteiger partial charge in [0.25, 0.3) is 9.05 Å². The number of hydrogen-bond donors (Lipinski definition) is 0. The smallest absolute Gasteiger partial charge is 0.230 e. The van der Waals surface area contributed by atoms with Crippen LogP contribution in [0.5, 0.6) is 0 Å². The van der Waals surface area contributed by atoms with E-state index >= 15 is 0 Å². The summed E-state index contributed by atoms with van der Waals surface area (Å²) in [5, 5.41) is 2.06. The standard InChI is InChI=1S/C7H3BrClNO2S2/c8-6-2-1-4-5(14(9,11)12)3-13-7(4)10-6/h1-3H. The van der Waals surface area contributed by atoms with Crippen molar-refractivity contribution >= 4 is 57.2 Å². The second-order valence-corrected chi connectivity index (χ2v) is 6.73. The molecule has 0 atom stereocenters. The molecule has 0 aliphatic heterocycles. The summed E-state index contributed by atoms with van der Waals surface area (Å²) in [6.07, 6.45) is 0. The summed E-state index contributed by atoms with van der Waals surface area (Å²) in [7, 11) is 1.59. The fourth-order valence-electron chi connectivity index (χ4n) is 1.06. The molecule has 0 aromatic carbocycles. The van der Waals surface area contributed by atoms with Crippen molar-refractivity contribution in [1.82, 2.24) is 4.98 Å². The fraction of sp³-hybridized carbons (Fsp3) is 0. The maximum absolute atomic E-state index is 11.1. The van der Waals surface area contributed by atoms with Crippen molar-refractivity contribution < 1.29 is 8.42 Å². The van der Waals surface area contributed by atoms with Gasteiger partial charge in [0.2, 0.25) is 0 Å². The molecule has 0 radical (unpaired) electrons. The van der Waals surface area contributed by atoms with Gasteiger partial charge in [-0.3, -0.25) is 0 Å². The minimum Gasteiger partial charge on any atom is -0.230 e. The Bertz CT molecular complexity index is 593. The van der Waals surface area contributed by atoms with E-state index in [0.29, 0.717) is 14.8 Å². The average Bonchev–Trinajstić information content (AvgIpc) is 2.45. The molecule has 2 heterocycles. The summed E-state index contributed by atoms with van der Waals surface area (Å²) in [4.78, 5) is 4.90. The Labute approximate surface area is 97.3 Å². The van der Waals surface area contributed by atoms with Crippen LogP contribution in [0, 0.1) is 0 Å². The van der Waals surface area contributed by atoms with Crippen molar-refractivity contribution in [2.45, 2.75) is 4.90 Å². The van der Waals surface area contributed by atoms with Gasteiger partial charge < -0.3 is 0 Å². The summed E-state index contributed by atoms with van der Waals surface area (Å²) >= 11 is 4.46. The van der Waals surface area contributed by atoms with Crippen LogP contribution in [0.2, 0.25) is 0 Å². The molecule has 0 aliphatic carbocycles. The Morgan fingerprint density at radius 1 is 1.43 bits per heavy atom. The molecule has 2 aromatic rings. The first-order chi connectivity index (χ1) is 6.48. The highest BCUT2D eigenvalue weighted by molar-refractivity contribution is 9.10. The lowest BCUT2D eigenvalue weighted by atomic mass is 10.3. The van der Waals surface area contributed by atoms with E-state index < -0.39 is 9.05 Å². The van der Waals surface area contributed by atoms with E-state index in [4.69, 9.17) is 10.7 Å². The number of aromatic nitrogens is 1. The van der Waals surface area contributed by atoms with Crippen LogP contribution in [0.15, 0.2) is 27.0 Å². The predicted molar refractivity (Wildman–Crippen MR) is 60.4 cm³/mol. The number of hydrogen-bond acceptors (Lipinski definition) is 4. The van der Waals surface area contributed by atoms with Crippen LogP contribution >= 0.6 is 37.9 Å². The summed E-state index contributed by atoms with van der Waals surface area (Å²) in [6.45, 7) is 0. The summed E-state index contributed by atoms with van der Waals surface area (Å²) in [5.74, 6) is 0. The van der Waals surface area contributed by atoms with Crippen molar-refractivity contribution in [2.24, 2.45) is 0 Å². The number of nitrogens with zero attached hydrogens (tertiary/aromatic N) is 1. The Hall–Kier alpha value is -0.170. The molecule has 0 N–H and O–H groups in total. The summed E-state index contributed by atoms with van der Waals surface area (Å²) < 4.78 is 22.9. The van der Waals surface area contributed by atoms with Crippen LogP contribution in [0.3, 0.4) is 0 Å². The predicted octanol–water partition coefficient (Wildman–Crippen LogP) is 2.99. The zero-order valence-electron chi connectivity index (χ0n) is 6.57. The average molecular weight is 313 g/mol. The van der Waals surface area contributed by atoms with E-state index in [1.165, 1.54) is 16.7 Å². The Morgan fingerprint density at radius 2 is 2.14 bits per heavy atom. The van der Waals surface area contributed by atoms with Crippen LogP contribution in [0.25, 0.3) is 10.2 Å². The lowest BCUT2D eigenvalue weighted by Crippen LogP contribution is -1.87. The molecular formula is C7H3BrClNO2S2. The first-order valence-electron chi connectivity index (χ1n) is 3.47. The van der Waals surface area contributed by atoms with Crippen molar-refractivity contribution in [1.29, 1.82) is 0 Å². The van der Waals surface area contributed by atoms with Crippen LogP contribution in [0.1, 0.15) is 0 Å². The van der Waals surface area contributed by atoms with Gasteiger partial charge in [0.15, 0.2) is 0 Å². The van der Waals surface area contributed by atoms with Gasteiger partial charge in [-0.25, -0.2) is 13.4 Å². The molecule has 2 aromatic heterocycles. The minimum absolute atomic E-state index is 0.124. The molecule has 0 aliphatic rings. The van der Waals surface area contributed by atoms with Crippen LogP contribution in [-0.4, -0.2) is 13.4 Å². The molecule has 14 heavy (non-hydrogen) atoms.